The van der Waals surface area contributed by atoms with E-state index in [2.05, 4.69) is 9.97 Å². The Bertz CT molecular complexity index is 1160. The Kier molecular flexibility index (Phi) is 5.65. The van der Waals surface area contributed by atoms with E-state index in [1.165, 1.54) is 12.1 Å². The molecule has 1 aliphatic rings. The van der Waals surface area contributed by atoms with Gasteiger partial charge in [-0.3, -0.25) is 4.79 Å². The molecule has 0 radical (unpaired) electrons. The standard InChI is InChI=1S/C20H24F3N5O3S/c1-18(2)10-11-28(19(18,3)4)16-12(8-9-13(25-16)20(21,22)23)17(29)27-32(30,31)15-7-5-6-14(24)26-15/h5-9H,10-11H2,1-4H3,(H2,24,26)(H,27,29). The summed E-state index contributed by atoms with van der Waals surface area (Å²) in [5, 5.41) is -0.491. The fourth-order valence-electron chi connectivity index (χ4n) is 3.51. The van der Waals surface area contributed by atoms with Gasteiger partial charge in [0.25, 0.3) is 15.9 Å². The summed E-state index contributed by atoms with van der Waals surface area (Å²) >= 11 is 0. The fourth-order valence-corrected chi connectivity index (χ4v) is 4.45. The quantitative estimate of drug-likeness (QED) is 0.703. The molecule has 8 nitrogen and oxygen atoms in total. The number of pyridine rings is 2. The molecule has 3 heterocycles. The van der Waals surface area contributed by atoms with E-state index in [1.807, 2.05) is 32.4 Å². The van der Waals surface area contributed by atoms with Gasteiger partial charge >= 0.3 is 6.18 Å². The fraction of sp³-hybridized carbons (Fsp3) is 0.450. The largest absolute Gasteiger partial charge is 0.433 e. The third-order valence-corrected chi connectivity index (χ3v) is 7.44. The lowest BCUT2D eigenvalue weighted by molar-refractivity contribution is -0.141. The van der Waals surface area contributed by atoms with Crippen molar-refractivity contribution in [2.24, 2.45) is 5.41 Å². The number of amides is 1. The van der Waals surface area contributed by atoms with Crippen LogP contribution < -0.4 is 15.4 Å². The van der Waals surface area contributed by atoms with Gasteiger partial charge in [0.15, 0.2) is 5.03 Å². The van der Waals surface area contributed by atoms with Crippen molar-refractivity contribution in [3.63, 3.8) is 0 Å². The minimum absolute atomic E-state index is 0.0711. The van der Waals surface area contributed by atoms with Gasteiger partial charge in [-0.25, -0.2) is 14.7 Å². The molecule has 32 heavy (non-hydrogen) atoms. The summed E-state index contributed by atoms with van der Waals surface area (Å²) in [7, 11) is -4.42. The molecule has 3 rings (SSSR count). The maximum atomic E-state index is 13.4. The number of rotatable bonds is 4. The molecule has 0 atom stereocenters. The van der Waals surface area contributed by atoms with Crippen molar-refractivity contribution in [2.75, 3.05) is 17.2 Å². The van der Waals surface area contributed by atoms with E-state index in [0.717, 1.165) is 12.1 Å². The minimum atomic E-state index is -4.74. The number of carbonyl (C=O) groups excluding carboxylic acids is 1. The van der Waals surface area contributed by atoms with Crippen LogP contribution in [0.2, 0.25) is 0 Å². The first-order valence-corrected chi connectivity index (χ1v) is 11.2. The van der Waals surface area contributed by atoms with Gasteiger partial charge in [-0.2, -0.15) is 21.6 Å². The lowest BCUT2D eigenvalue weighted by Crippen LogP contribution is -2.48. The first kappa shape index (κ1) is 23.8. The highest BCUT2D eigenvalue weighted by atomic mass is 32.2. The third kappa shape index (κ3) is 4.23. The van der Waals surface area contributed by atoms with Gasteiger partial charge in [-0.15, -0.1) is 0 Å². The Labute approximate surface area is 184 Å². The van der Waals surface area contributed by atoms with E-state index in [0.29, 0.717) is 19.0 Å². The summed E-state index contributed by atoms with van der Waals surface area (Å²) in [6.45, 7) is 7.97. The second-order valence-corrected chi connectivity index (χ2v) is 10.4. The SMILES string of the molecule is CC1(C)CCN(c2nc(C(F)(F)F)ccc2C(=O)NS(=O)(=O)c2cccc(N)n2)C1(C)C. The van der Waals surface area contributed by atoms with Gasteiger partial charge < -0.3 is 10.6 Å². The topological polar surface area (TPSA) is 118 Å². The molecule has 2 aromatic rings. The Balaban J connectivity index is 2.07. The molecule has 3 N–H and O–H groups in total. The van der Waals surface area contributed by atoms with Crippen LogP contribution in [0.25, 0.3) is 0 Å². The van der Waals surface area contributed by atoms with E-state index in [9.17, 15) is 26.4 Å². The number of halogens is 3. The van der Waals surface area contributed by atoms with E-state index < -0.39 is 38.4 Å². The van der Waals surface area contributed by atoms with Gasteiger partial charge in [-0.1, -0.05) is 19.9 Å². The van der Waals surface area contributed by atoms with E-state index >= 15 is 0 Å². The third-order valence-electron chi connectivity index (χ3n) is 6.20. The predicted octanol–water partition coefficient (Wildman–Crippen LogP) is 3.21. The highest BCUT2D eigenvalue weighted by Gasteiger charge is 2.49. The number of nitrogens with zero attached hydrogens (tertiary/aromatic N) is 3. The number of nitrogens with one attached hydrogen (secondary N) is 1. The van der Waals surface area contributed by atoms with E-state index in [-0.39, 0.29) is 22.6 Å². The highest BCUT2D eigenvalue weighted by Crippen LogP contribution is 2.47. The van der Waals surface area contributed by atoms with Crippen molar-refractivity contribution < 1.29 is 26.4 Å². The molecule has 2 aromatic heterocycles. The molecule has 174 valence electrons. The zero-order valence-corrected chi connectivity index (χ0v) is 18.8. The van der Waals surface area contributed by atoms with Crippen LogP contribution in [-0.4, -0.2) is 36.4 Å². The molecule has 0 bridgehead atoms. The number of hydrogen-bond donors (Lipinski definition) is 2. The monoisotopic (exact) mass is 471 g/mol. The number of aromatic nitrogens is 2. The van der Waals surface area contributed by atoms with Gasteiger partial charge in [0.2, 0.25) is 0 Å². The average Bonchev–Trinajstić information content (AvgIpc) is 2.87. The van der Waals surface area contributed by atoms with Gasteiger partial charge in [0.1, 0.15) is 17.3 Å². The second-order valence-electron chi connectivity index (χ2n) is 8.75. The summed E-state index contributed by atoms with van der Waals surface area (Å²) in [5.41, 5.74) is 3.08. The molecule has 0 aromatic carbocycles. The lowest BCUT2D eigenvalue weighted by Gasteiger charge is -2.42. The van der Waals surface area contributed by atoms with Gasteiger partial charge in [0.05, 0.1) is 5.56 Å². The van der Waals surface area contributed by atoms with E-state index in [4.69, 9.17) is 5.73 Å². The summed E-state index contributed by atoms with van der Waals surface area (Å²) in [4.78, 5) is 22.0. The van der Waals surface area contributed by atoms with Gasteiger partial charge in [-0.05, 0) is 49.9 Å². The van der Waals surface area contributed by atoms with Crippen LogP contribution in [0.5, 0.6) is 0 Å². The molecular formula is C20H24F3N5O3S. The molecule has 1 aliphatic heterocycles. The van der Waals surface area contributed by atoms with Crippen LogP contribution in [0.3, 0.4) is 0 Å². The average molecular weight is 472 g/mol. The Morgan fingerprint density at radius 2 is 1.78 bits per heavy atom. The number of anilines is 2. The Morgan fingerprint density at radius 1 is 1.12 bits per heavy atom. The molecule has 0 saturated carbocycles. The zero-order valence-electron chi connectivity index (χ0n) is 18.0. The summed E-state index contributed by atoms with van der Waals surface area (Å²) in [6.07, 6.45) is -4.09. The van der Waals surface area contributed by atoms with Crippen LogP contribution in [0.4, 0.5) is 24.8 Å². The van der Waals surface area contributed by atoms with E-state index in [1.54, 1.807) is 4.90 Å². The van der Waals surface area contributed by atoms with Crippen LogP contribution in [0.15, 0.2) is 35.4 Å². The maximum absolute atomic E-state index is 13.4. The van der Waals surface area contributed by atoms with Crippen molar-refractivity contribution in [1.82, 2.24) is 14.7 Å². The molecular weight excluding hydrogens is 447 g/mol. The zero-order chi connectivity index (χ0) is 24.1. The second kappa shape index (κ2) is 7.61. The molecule has 1 saturated heterocycles. The minimum Gasteiger partial charge on any atom is -0.384 e. The smallest absolute Gasteiger partial charge is 0.384 e. The highest BCUT2D eigenvalue weighted by molar-refractivity contribution is 7.90. The first-order chi connectivity index (χ1) is 14.6. The lowest BCUT2D eigenvalue weighted by atomic mass is 9.75. The number of nitrogens with two attached hydrogens (primary N) is 1. The number of sulfonamides is 1. The molecule has 0 spiro atoms. The van der Waals surface area contributed by atoms with Crippen LogP contribution >= 0.6 is 0 Å². The first-order valence-electron chi connectivity index (χ1n) is 9.72. The van der Waals surface area contributed by atoms with Crippen molar-refractivity contribution in [2.45, 2.75) is 50.9 Å². The molecule has 1 fully saturated rings. The number of alkyl halides is 3. The molecule has 0 aliphatic carbocycles. The Morgan fingerprint density at radius 3 is 2.31 bits per heavy atom. The predicted molar refractivity (Wildman–Crippen MR) is 112 cm³/mol. The van der Waals surface area contributed by atoms with Crippen molar-refractivity contribution in [1.29, 1.82) is 0 Å². The molecule has 12 heteroatoms. The molecule has 1 amide bonds. The summed E-state index contributed by atoms with van der Waals surface area (Å²) in [5.74, 6) is -1.42. The van der Waals surface area contributed by atoms with Gasteiger partial charge in [0, 0.05) is 12.1 Å². The van der Waals surface area contributed by atoms with Crippen molar-refractivity contribution in [3.8, 4) is 0 Å². The number of nitrogen functional groups attached to an aromatic ring is 1. The Hall–Kier alpha value is -2.89. The maximum Gasteiger partial charge on any atom is 0.433 e. The number of carbonyl (C=O) groups is 1. The molecule has 0 unspecified atom stereocenters. The van der Waals surface area contributed by atoms with Crippen molar-refractivity contribution >= 4 is 27.6 Å². The van der Waals surface area contributed by atoms with Crippen LogP contribution in [-0.2, 0) is 16.2 Å². The normalized spacial score (nSPS) is 17.9. The van der Waals surface area contributed by atoms with Crippen LogP contribution in [0.1, 0.15) is 50.2 Å². The number of hydrogen-bond acceptors (Lipinski definition) is 7. The summed E-state index contributed by atoms with van der Waals surface area (Å²) < 4.78 is 67.1. The van der Waals surface area contributed by atoms with Crippen LogP contribution in [0, 0.1) is 5.41 Å². The summed E-state index contributed by atoms with van der Waals surface area (Å²) in [6, 6.07) is 5.45. The van der Waals surface area contributed by atoms with Crippen molar-refractivity contribution in [3.05, 3.63) is 41.6 Å².